The minimum Gasteiger partial charge on any atom is -0.394 e. The van der Waals surface area contributed by atoms with Gasteiger partial charge in [0.1, 0.15) is 0 Å². The lowest BCUT2D eigenvalue weighted by molar-refractivity contribution is -0.191. The van der Waals surface area contributed by atoms with Crippen LogP contribution < -0.4 is 5.32 Å². The Morgan fingerprint density at radius 3 is 2.80 bits per heavy atom. The summed E-state index contributed by atoms with van der Waals surface area (Å²) in [6, 6.07) is 3.88. The van der Waals surface area contributed by atoms with Crippen LogP contribution in [-0.4, -0.2) is 65.5 Å². The molecule has 0 radical (unpaired) electrons. The molecule has 0 spiro atoms. The molecule has 2 heterocycles. The van der Waals surface area contributed by atoms with Gasteiger partial charge in [-0.3, -0.25) is 9.69 Å². The number of hydrogen-bond acceptors (Lipinski definition) is 3. The topological polar surface area (TPSA) is 68.4 Å². The van der Waals surface area contributed by atoms with Gasteiger partial charge in [-0.05, 0) is 43.2 Å². The summed E-state index contributed by atoms with van der Waals surface area (Å²) in [5.41, 5.74) is 5.25. The highest BCUT2D eigenvalue weighted by atomic mass is 19.4. The Bertz CT molecular complexity index is 1010. The predicted octanol–water partition coefficient (Wildman–Crippen LogP) is 2.72. The fourth-order valence-electron chi connectivity index (χ4n) is 4.61. The number of rotatable bonds is 4. The van der Waals surface area contributed by atoms with Gasteiger partial charge in [-0.2, -0.15) is 13.2 Å². The lowest BCUT2D eigenvalue weighted by Gasteiger charge is -2.40. The molecule has 4 atom stereocenters. The van der Waals surface area contributed by atoms with Gasteiger partial charge in [-0.15, -0.1) is 0 Å². The molecule has 4 unspecified atom stereocenters. The van der Waals surface area contributed by atoms with Gasteiger partial charge < -0.3 is 15.4 Å². The molecule has 1 amide bonds. The number of benzene rings is 1. The summed E-state index contributed by atoms with van der Waals surface area (Å²) in [7, 11) is 1.86. The molecule has 0 saturated heterocycles. The number of alkyl halides is 4. The van der Waals surface area contributed by atoms with Gasteiger partial charge in [0.15, 0.2) is 0 Å². The second-order valence-electron chi connectivity index (χ2n) is 8.09. The number of nitrogens with one attached hydrogen (secondary N) is 2. The maximum Gasteiger partial charge on any atom is 0.421 e. The van der Waals surface area contributed by atoms with Crippen LogP contribution in [0.3, 0.4) is 0 Å². The van der Waals surface area contributed by atoms with Crippen molar-refractivity contribution in [1.29, 1.82) is 0 Å². The summed E-state index contributed by atoms with van der Waals surface area (Å²) in [6.45, 7) is 1.17. The van der Waals surface area contributed by atoms with E-state index in [0.29, 0.717) is 0 Å². The number of halogens is 4. The maximum absolute atomic E-state index is 13.6. The van der Waals surface area contributed by atoms with Crippen LogP contribution >= 0.6 is 0 Å². The van der Waals surface area contributed by atoms with Crippen molar-refractivity contribution in [3.8, 4) is 0 Å². The third-order valence-corrected chi connectivity index (χ3v) is 6.13. The third kappa shape index (κ3) is 3.39. The van der Waals surface area contributed by atoms with Gasteiger partial charge >= 0.3 is 6.18 Å². The van der Waals surface area contributed by atoms with Crippen LogP contribution in [0, 0.1) is 12.8 Å². The SMILES string of the molecule is Cc1[nH]c2cccc3c2c1CC1C3=CC(C(=O)NC(CO)C(F)C(F)(F)F)CN1C. The fraction of sp³-hybridized carbons (Fsp3) is 0.476. The van der Waals surface area contributed by atoms with Crippen molar-refractivity contribution in [3.63, 3.8) is 0 Å². The summed E-state index contributed by atoms with van der Waals surface area (Å²) in [4.78, 5) is 18.1. The molecular formula is C21H23F4N3O2. The molecule has 0 bridgehead atoms. The van der Waals surface area contributed by atoms with E-state index in [1.165, 1.54) is 5.56 Å². The van der Waals surface area contributed by atoms with E-state index in [2.05, 4.69) is 4.98 Å². The summed E-state index contributed by atoms with van der Waals surface area (Å²) >= 11 is 0. The first kappa shape index (κ1) is 20.9. The van der Waals surface area contributed by atoms with E-state index in [4.69, 9.17) is 0 Å². The molecule has 0 saturated carbocycles. The van der Waals surface area contributed by atoms with Crippen molar-refractivity contribution in [2.45, 2.75) is 37.8 Å². The number of amides is 1. The number of H-pyrrole nitrogens is 1. The number of hydrogen-bond donors (Lipinski definition) is 3. The van der Waals surface area contributed by atoms with Crippen molar-refractivity contribution in [2.24, 2.45) is 5.92 Å². The van der Waals surface area contributed by atoms with Crippen LogP contribution in [0.4, 0.5) is 17.6 Å². The van der Waals surface area contributed by atoms with E-state index in [9.17, 15) is 27.5 Å². The van der Waals surface area contributed by atoms with Crippen LogP contribution in [-0.2, 0) is 11.2 Å². The quantitative estimate of drug-likeness (QED) is 0.660. The average molecular weight is 425 g/mol. The molecule has 1 aliphatic heterocycles. The normalized spacial score (nSPS) is 23.6. The fourth-order valence-corrected chi connectivity index (χ4v) is 4.61. The second kappa shape index (κ2) is 7.39. The molecule has 2 aliphatic rings. The van der Waals surface area contributed by atoms with Crippen LogP contribution in [0.5, 0.6) is 0 Å². The van der Waals surface area contributed by atoms with Gasteiger partial charge in [0.05, 0.1) is 18.6 Å². The van der Waals surface area contributed by atoms with E-state index in [0.717, 1.165) is 34.2 Å². The Labute approximate surface area is 170 Å². The lowest BCUT2D eigenvalue weighted by atomic mass is 9.79. The van der Waals surface area contributed by atoms with E-state index in [1.54, 1.807) is 6.08 Å². The third-order valence-electron chi connectivity index (χ3n) is 6.13. The Balaban J connectivity index is 1.66. The van der Waals surface area contributed by atoms with Gasteiger partial charge in [0.2, 0.25) is 12.1 Å². The van der Waals surface area contributed by atoms with E-state index >= 15 is 0 Å². The van der Waals surface area contributed by atoms with Crippen molar-refractivity contribution >= 4 is 22.4 Å². The molecule has 30 heavy (non-hydrogen) atoms. The number of aliphatic hydroxyl groups is 1. The van der Waals surface area contributed by atoms with Crippen LogP contribution in [0.15, 0.2) is 24.3 Å². The molecule has 1 aromatic carbocycles. The number of aromatic nitrogens is 1. The zero-order valence-corrected chi connectivity index (χ0v) is 16.6. The molecule has 9 heteroatoms. The zero-order valence-electron chi connectivity index (χ0n) is 16.6. The first-order chi connectivity index (χ1) is 14.1. The van der Waals surface area contributed by atoms with Crippen LogP contribution in [0.1, 0.15) is 16.8 Å². The monoisotopic (exact) mass is 425 g/mol. The number of nitrogens with zero attached hydrogens (tertiary/aromatic N) is 1. The maximum atomic E-state index is 13.6. The Morgan fingerprint density at radius 2 is 2.13 bits per heavy atom. The number of aliphatic hydroxyl groups excluding tert-OH is 1. The van der Waals surface area contributed by atoms with Crippen molar-refractivity contribution in [3.05, 3.63) is 41.1 Å². The first-order valence-electron chi connectivity index (χ1n) is 9.76. The highest BCUT2D eigenvalue weighted by Crippen LogP contribution is 2.42. The van der Waals surface area contributed by atoms with Crippen LogP contribution in [0.2, 0.25) is 0 Å². The molecule has 0 fully saturated rings. The van der Waals surface area contributed by atoms with Crippen molar-refractivity contribution < 1.29 is 27.5 Å². The number of carbonyl (C=O) groups is 1. The summed E-state index contributed by atoms with van der Waals surface area (Å²) in [5.74, 6) is -1.49. The Morgan fingerprint density at radius 1 is 1.40 bits per heavy atom. The van der Waals surface area contributed by atoms with Gasteiger partial charge in [-0.25, -0.2) is 4.39 Å². The molecule has 162 valence electrons. The highest BCUT2D eigenvalue weighted by Gasteiger charge is 2.46. The molecule has 5 nitrogen and oxygen atoms in total. The minimum absolute atomic E-state index is 0.0411. The first-order valence-corrected chi connectivity index (χ1v) is 9.76. The molecule has 1 aliphatic carbocycles. The predicted molar refractivity (Wildman–Crippen MR) is 105 cm³/mol. The number of carbonyl (C=O) groups excluding carboxylic acids is 1. The molecule has 3 N–H and O–H groups in total. The summed E-state index contributed by atoms with van der Waals surface area (Å²) in [6.07, 6.45) is -5.95. The highest BCUT2D eigenvalue weighted by molar-refractivity contribution is 6.00. The second-order valence-corrected chi connectivity index (χ2v) is 8.09. The van der Waals surface area contributed by atoms with E-state index in [1.807, 2.05) is 42.4 Å². The summed E-state index contributed by atoms with van der Waals surface area (Å²) < 4.78 is 51.7. The number of fused-ring (bicyclic) bond motifs is 2. The lowest BCUT2D eigenvalue weighted by Crippen LogP contribution is -2.53. The van der Waals surface area contributed by atoms with Gasteiger partial charge in [0.25, 0.3) is 0 Å². The zero-order chi connectivity index (χ0) is 21.8. The minimum atomic E-state index is -5.16. The van der Waals surface area contributed by atoms with Crippen molar-refractivity contribution in [1.82, 2.24) is 15.2 Å². The van der Waals surface area contributed by atoms with Crippen molar-refractivity contribution in [2.75, 3.05) is 20.2 Å². The smallest absolute Gasteiger partial charge is 0.394 e. The number of likely N-dealkylation sites (N-methyl/N-ethyl adjacent to an activating group) is 1. The molecule has 2 aromatic rings. The largest absolute Gasteiger partial charge is 0.421 e. The van der Waals surface area contributed by atoms with E-state index in [-0.39, 0.29) is 12.6 Å². The Kier molecular flexibility index (Phi) is 5.14. The molecule has 4 rings (SSSR count). The number of aromatic amines is 1. The van der Waals surface area contributed by atoms with Gasteiger partial charge in [0, 0.05) is 29.2 Å². The summed E-state index contributed by atoms with van der Waals surface area (Å²) in [5, 5.41) is 12.3. The van der Waals surface area contributed by atoms with Crippen LogP contribution in [0.25, 0.3) is 16.5 Å². The number of aryl methyl sites for hydroxylation is 1. The molecule has 1 aromatic heterocycles. The standard InChI is InChI=1S/C21H23F4N3O2/c1-10-13-7-17-14(12-4-3-5-15(26-10)18(12)13)6-11(8-28(17)2)20(30)27-16(9-29)19(22)21(23,24)25/h3-6,11,16-17,19,26,29H,7-9H2,1-2H3,(H,27,30). The van der Waals surface area contributed by atoms with Gasteiger partial charge in [-0.1, -0.05) is 18.2 Å². The average Bonchev–Trinajstić information content (AvgIpc) is 3.02. The Hall–Kier alpha value is -2.39. The van der Waals surface area contributed by atoms with E-state index < -0.39 is 36.8 Å². The molecular weight excluding hydrogens is 402 g/mol.